The fourth-order valence-electron chi connectivity index (χ4n) is 1.32. The number of aliphatic imine (C=N–C) groups is 1. The lowest BCUT2D eigenvalue weighted by Crippen LogP contribution is -1.85. The zero-order chi connectivity index (χ0) is 11.4. The SMILES string of the molecule is COc1ccc(N=Cc2ccn(C)c2)cn1. The molecule has 2 aromatic rings. The Morgan fingerprint density at radius 1 is 1.38 bits per heavy atom. The van der Waals surface area contributed by atoms with Gasteiger partial charge < -0.3 is 9.30 Å². The van der Waals surface area contributed by atoms with Crippen molar-refractivity contribution in [3.05, 3.63) is 42.4 Å². The Bertz CT molecular complexity index is 485. The maximum absolute atomic E-state index is 4.97. The quantitative estimate of drug-likeness (QED) is 0.736. The van der Waals surface area contributed by atoms with Crippen molar-refractivity contribution in [3.8, 4) is 5.88 Å². The van der Waals surface area contributed by atoms with Crippen molar-refractivity contribution in [1.29, 1.82) is 0 Å². The van der Waals surface area contributed by atoms with Gasteiger partial charge in [0, 0.05) is 37.3 Å². The summed E-state index contributed by atoms with van der Waals surface area (Å²) in [5, 5.41) is 0. The molecule has 0 saturated carbocycles. The predicted octanol–water partition coefficient (Wildman–Crippen LogP) is 2.18. The van der Waals surface area contributed by atoms with Gasteiger partial charge in [-0.1, -0.05) is 0 Å². The highest BCUT2D eigenvalue weighted by molar-refractivity contribution is 5.81. The maximum atomic E-state index is 4.97. The topological polar surface area (TPSA) is 39.4 Å². The van der Waals surface area contributed by atoms with Crippen LogP contribution in [0, 0.1) is 0 Å². The van der Waals surface area contributed by atoms with Crippen molar-refractivity contribution in [2.24, 2.45) is 12.0 Å². The fraction of sp³-hybridized carbons (Fsp3) is 0.167. The summed E-state index contributed by atoms with van der Waals surface area (Å²) in [6.07, 6.45) is 7.47. The van der Waals surface area contributed by atoms with Crippen LogP contribution in [-0.4, -0.2) is 22.9 Å². The van der Waals surface area contributed by atoms with E-state index >= 15 is 0 Å². The van der Waals surface area contributed by atoms with Crippen molar-refractivity contribution in [3.63, 3.8) is 0 Å². The van der Waals surface area contributed by atoms with Gasteiger partial charge >= 0.3 is 0 Å². The van der Waals surface area contributed by atoms with Crippen molar-refractivity contribution in [2.45, 2.75) is 0 Å². The van der Waals surface area contributed by atoms with Crippen LogP contribution in [0.2, 0.25) is 0 Å². The molecule has 0 aliphatic carbocycles. The lowest BCUT2D eigenvalue weighted by Gasteiger charge is -1.97. The monoisotopic (exact) mass is 215 g/mol. The number of aryl methyl sites for hydroxylation is 1. The summed E-state index contributed by atoms with van der Waals surface area (Å²) >= 11 is 0. The molecule has 2 heterocycles. The summed E-state index contributed by atoms with van der Waals surface area (Å²) in [6, 6.07) is 5.66. The van der Waals surface area contributed by atoms with Gasteiger partial charge in [-0.25, -0.2) is 4.98 Å². The zero-order valence-corrected chi connectivity index (χ0v) is 9.29. The minimum absolute atomic E-state index is 0.596. The summed E-state index contributed by atoms with van der Waals surface area (Å²) in [4.78, 5) is 8.38. The second-order valence-corrected chi connectivity index (χ2v) is 3.43. The number of hydrogen-bond donors (Lipinski definition) is 0. The first-order valence-corrected chi connectivity index (χ1v) is 4.94. The Morgan fingerprint density at radius 2 is 2.25 bits per heavy atom. The highest BCUT2D eigenvalue weighted by Crippen LogP contribution is 2.13. The smallest absolute Gasteiger partial charge is 0.213 e. The number of pyridine rings is 1. The van der Waals surface area contributed by atoms with Gasteiger partial charge in [0.15, 0.2) is 0 Å². The molecule has 16 heavy (non-hydrogen) atoms. The molecule has 0 aliphatic rings. The number of hydrogen-bond acceptors (Lipinski definition) is 3. The molecular weight excluding hydrogens is 202 g/mol. The maximum Gasteiger partial charge on any atom is 0.213 e. The van der Waals surface area contributed by atoms with Gasteiger partial charge in [0.1, 0.15) is 0 Å². The van der Waals surface area contributed by atoms with Gasteiger partial charge in [0.2, 0.25) is 5.88 Å². The number of ether oxygens (including phenoxy) is 1. The molecule has 0 aliphatic heterocycles. The van der Waals surface area contributed by atoms with Crippen LogP contribution in [0.1, 0.15) is 5.56 Å². The largest absolute Gasteiger partial charge is 0.481 e. The Labute approximate surface area is 94.2 Å². The van der Waals surface area contributed by atoms with E-state index < -0.39 is 0 Å². The molecule has 0 bridgehead atoms. The third-order valence-electron chi connectivity index (χ3n) is 2.15. The predicted molar refractivity (Wildman–Crippen MR) is 63.5 cm³/mol. The van der Waals surface area contributed by atoms with Crippen LogP contribution in [0.15, 0.2) is 41.8 Å². The summed E-state index contributed by atoms with van der Waals surface area (Å²) in [7, 11) is 3.57. The van der Waals surface area contributed by atoms with Gasteiger partial charge in [0.05, 0.1) is 19.0 Å². The second-order valence-electron chi connectivity index (χ2n) is 3.43. The van der Waals surface area contributed by atoms with Gasteiger partial charge in [0.25, 0.3) is 0 Å². The molecule has 0 amide bonds. The summed E-state index contributed by atoms with van der Waals surface area (Å²) in [6.45, 7) is 0. The van der Waals surface area contributed by atoms with E-state index in [4.69, 9.17) is 4.74 Å². The molecule has 0 atom stereocenters. The lowest BCUT2D eigenvalue weighted by atomic mass is 10.3. The zero-order valence-electron chi connectivity index (χ0n) is 9.29. The number of aromatic nitrogens is 2. The van der Waals surface area contributed by atoms with Gasteiger partial charge in [-0.2, -0.15) is 0 Å². The van der Waals surface area contributed by atoms with Crippen LogP contribution in [0.25, 0.3) is 0 Å². The summed E-state index contributed by atoms with van der Waals surface area (Å²) in [5.41, 5.74) is 1.88. The molecule has 0 N–H and O–H groups in total. The molecule has 4 heteroatoms. The third kappa shape index (κ3) is 2.48. The van der Waals surface area contributed by atoms with E-state index in [0.717, 1.165) is 11.3 Å². The van der Waals surface area contributed by atoms with Crippen LogP contribution in [-0.2, 0) is 7.05 Å². The van der Waals surface area contributed by atoms with Crippen LogP contribution >= 0.6 is 0 Å². The van der Waals surface area contributed by atoms with E-state index in [1.807, 2.05) is 42.4 Å². The molecule has 0 aromatic carbocycles. The molecule has 4 nitrogen and oxygen atoms in total. The molecule has 0 fully saturated rings. The van der Waals surface area contributed by atoms with Crippen LogP contribution in [0.3, 0.4) is 0 Å². The minimum atomic E-state index is 0.596. The highest BCUT2D eigenvalue weighted by atomic mass is 16.5. The van der Waals surface area contributed by atoms with Crippen LogP contribution in [0.5, 0.6) is 5.88 Å². The highest BCUT2D eigenvalue weighted by Gasteiger charge is 1.93. The van der Waals surface area contributed by atoms with Crippen LogP contribution < -0.4 is 4.74 Å². The number of nitrogens with zero attached hydrogens (tertiary/aromatic N) is 3. The molecule has 0 radical (unpaired) electrons. The van der Waals surface area contributed by atoms with E-state index in [2.05, 4.69) is 9.98 Å². The van der Waals surface area contributed by atoms with Crippen molar-refractivity contribution < 1.29 is 4.74 Å². The number of methoxy groups -OCH3 is 1. The Morgan fingerprint density at radius 3 is 2.81 bits per heavy atom. The first-order valence-electron chi connectivity index (χ1n) is 4.94. The standard InChI is InChI=1S/C12H13N3O/c1-15-6-5-10(9-15)7-13-11-3-4-12(16-2)14-8-11/h3-9H,1-2H3. The minimum Gasteiger partial charge on any atom is -0.481 e. The van der Waals surface area contributed by atoms with Crippen molar-refractivity contribution in [1.82, 2.24) is 9.55 Å². The lowest BCUT2D eigenvalue weighted by molar-refractivity contribution is 0.398. The van der Waals surface area contributed by atoms with E-state index in [1.54, 1.807) is 19.4 Å². The molecule has 2 rings (SSSR count). The average Bonchev–Trinajstić information content (AvgIpc) is 2.73. The first-order chi connectivity index (χ1) is 7.78. The van der Waals surface area contributed by atoms with Crippen LogP contribution in [0.4, 0.5) is 5.69 Å². The molecule has 0 saturated heterocycles. The average molecular weight is 215 g/mol. The Balaban J connectivity index is 2.11. The van der Waals surface area contributed by atoms with E-state index in [-0.39, 0.29) is 0 Å². The van der Waals surface area contributed by atoms with Gasteiger partial charge in [-0.15, -0.1) is 0 Å². The van der Waals surface area contributed by atoms with Gasteiger partial charge in [-0.05, 0) is 12.1 Å². The molecule has 0 spiro atoms. The molecule has 2 aromatic heterocycles. The normalized spacial score (nSPS) is 10.9. The van der Waals surface area contributed by atoms with E-state index in [0.29, 0.717) is 5.88 Å². The number of rotatable bonds is 3. The van der Waals surface area contributed by atoms with E-state index in [9.17, 15) is 0 Å². The van der Waals surface area contributed by atoms with E-state index in [1.165, 1.54) is 0 Å². The Kier molecular flexibility index (Phi) is 3.00. The van der Waals surface area contributed by atoms with Crippen molar-refractivity contribution in [2.75, 3.05) is 7.11 Å². The summed E-state index contributed by atoms with van der Waals surface area (Å²) in [5.74, 6) is 0.596. The Hall–Kier alpha value is -2.10. The van der Waals surface area contributed by atoms with Crippen molar-refractivity contribution >= 4 is 11.9 Å². The first kappa shape index (κ1) is 10.4. The second kappa shape index (κ2) is 4.61. The van der Waals surface area contributed by atoms with Gasteiger partial charge in [-0.3, -0.25) is 4.99 Å². The molecule has 0 unspecified atom stereocenters. The molecule has 82 valence electrons. The fourth-order valence-corrected chi connectivity index (χ4v) is 1.32. The molecular formula is C12H13N3O. The third-order valence-corrected chi connectivity index (χ3v) is 2.15. The summed E-state index contributed by atoms with van der Waals surface area (Å²) < 4.78 is 6.95.